The second-order valence-electron chi connectivity index (χ2n) is 9.99. The van der Waals surface area contributed by atoms with Gasteiger partial charge >= 0.3 is 0 Å². The van der Waals surface area contributed by atoms with E-state index in [4.69, 9.17) is 0 Å². The zero-order valence-corrected chi connectivity index (χ0v) is 22.1. The van der Waals surface area contributed by atoms with Gasteiger partial charge in [0.2, 0.25) is 11.8 Å². The molecule has 0 saturated heterocycles. The lowest BCUT2D eigenvalue weighted by atomic mass is 10.0. The van der Waals surface area contributed by atoms with Crippen molar-refractivity contribution in [3.05, 3.63) is 95.3 Å². The minimum atomic E-state index is -0.921. The number of hydrogen-bond donors (Lipinski definition) is 1. The lowest BCUT2D eigenvalue weighted by Crippen LogP contribution is -2.46. The van der Waals surface area contributed by atoms with Crippen LogP contribution < -0.4 is 5.32 Å². The van der Waals surface area contributed by atoms with E-state index in [1.165, 1.54) is 12.1 Å². The Morgan fingerprint density at radius 3 is 2.53 bits per heavy atom. The maximum absolute atomic E-state index is 13.9. The molecular formula is C30H34FN5O2. The van der Waals surface area contributed by atoms with Crippen LogP contribution in [0.5, 0.6) is 0 Å². The Bertz CT molecular complexity index is 1380. The normalized spacial score (nSPS) is 12.0. The molecule has 4 aromatic rings. The van der Waals surface area contributed by atoms with Gasteiger partial charge in [0.25, 0.3) is 0 Å². The van der Waals surface area contributed by atoms with Gasteiger partial charge in [-0.25, -0.2) is 9.07 Å². The van der Waals surface area contributed by atoms with Crippen LogP contribution in [-0.4, -0.2) is 44.8 Å². The maximum Gasteiger partial charge on any atom is 0.247 e. The zero-order valence-electron chi connectivity index (χ0n) is 22.1. The quantitative estimate of drug-likeness (QED) is 0.310. The van der Waals surface area contributed by atoms with Crippen LogP contribution in [0.2, 0.25) is 0 Å². The molecule has 0 radical (unpaired) electrons. The van der Waals surface area contributed by atoms with E-state index in [-0.39, 0.29) is 18.4 Å². The van der Waals surface area contributed by atoms with Crippen molar-refractivity contribution in [2.75, 3.05) is 13.1 Å². The minimum absolute atomic E-state index is 0.0781. The average Bonchev–Trinajstić information content (AvgIpc) is 3.29. The van der Waals surface area contributed by atoms with Crippen molar-refractivity contribution in [1.29, 1.82) is 0 Å². The summed E-state index contributed by atoms with van der Waals surface area (Å²) in [5.74, 6) is -0.557. The molecular weight excluding hydrogens is 481 g/mol. The third-order valence-electron chi connectivity index (χ3n) is 6.52. The number of rotatable bonds is 11. The molecule has 4 rings (SSSR count). The number of aryl methyl sites for hydroxylation is 1. The molecule has 0 bridgehead atoms. The number of carbonyl (C=O) groups is 2. The summed E-state index contributed by atoms with van der Waals surface area (Å²) in [4.78, 5) is 29.1. The lowest BCUT2D eigenvalue weighted by Gasteiger charge is -2.32. The third-order valence-corrected chi connectivity index (χ3v) is 6.52. The van der Waals surface area contributed by atoms with Crippen LogP contribution in [0, 0.1) is 18.7 Å². The molecule has 1 atom stereocenters. The summed E-state index contributed by atoms with van der Waals surface area (Å²) in [6.45, 7) is 6.90. The van der Waals surface area contributed by atoms with Gasteiger partial charge in [-0.2, -0.15) is 0 Å². The Kier molecular flexibility index (Phi) is 8.84. The monoisotopic (exact) mass is 515 g/mol. The Morgan fingerprint density at radius 1 is 1.03 bits per heavy atom. The first-order valence-corrected chi connectivity index (χ1v) is 13.0. The molecule has 1 heterocycles. The van der Waals surface area contributed by atoms with E-state index in [9.17, 15) is 14.0 Å². The molecule has 198 valence electrons. The molecule has 0 aliphatic carbocycles. The fourth-order valence-corrected chi connectivity index (χ4v) is 4.47. The molecule has 0 saturated carbocycles. The summed E-state index contributed by atoms with van der Waals surface area (Å²) in [7, 11) is 0. The number of para-hydroxylation sites is 1. The number of benzene rings is 3. The van der Waals surface area contributed by atoms with E-state index in [0.29, 0.717) is 36.5 Å². The van der Waals surface area contributed by atoms with E-state index in [2.05, 4.69) is 35.5 Å². The second kappa shape index (κ2) is 12.4. The average molecular weight is 516 g/mol. The fourth-order valence-electron chi connectivity index (χ4n) is 4.47. The second-order valence-corrected chi connectivity index (χ2v) is 9.99. The highest BCUT2D eigenvalue weighted by molar-refractivity contribution is 5.89. The predicted octanol–water partition coefficient (Wildman–Crippen LogP) is 4.85. The van der Waals surface area contributed by atoms with Gasteiger partial charge in [0.1, 0.15) is 23.9 Å². The molecule has 0 fully saturated rings. The molecule has 1 N–H and O–H groups in total. The number of nitrogens with one attached hydrogen (secondary N) is 1. The van der Waals surface area contributed by atoms with E-state index in [1.54, 1.807) is 21.7 Å². The van der Waals surface area contributed by atoms with E-state index in [0.717, 1.165) is 23.1 Å². The van der Waals surface area contributed by atoms with Gasteiger partial charge < -0.3 is 10.2 Å². The molecule has 2 amide bonds. The van der Waals surface area contributed by atoms with Gasteiger partial charge in [-0.05, 0) is 61.1 Å². The minimum Gasteiger partial charge on any atom is -0.354 e. The van der Waals surface area contributed by atoms with Crippen molar-refractivity contribution in [3.63, 3.8) is 0 Å². The van der Waals surface area contributed by atoms with E-state index >= 15 is 0 Å². The third kappa shape index (κ3) is 6.82. The van der Waals surface area contributed by atoms with Gasteiger partial charge in [0.05, 0.1) is 5.52 Å². The standard InChI is InChI=1S/C30H34FN5O2/c1-21(2)15-17-32-30(38)29(24-11-13-25(31)14-12-24)35(18-16-23-8-6-7-22(3)19-23)28(37)20-36-27-10-5-4-9-26(27)33-34-36/h4-14,19,21,29H,15-18,20H2,1-3H3,(H,32,38)/t29-/m0/s1. The topological polar surface area (TPSA) is 80.1 Å². The first-order valence-electron chi connectivity index (χ1n) is 13.0. The molecule has 0 unspecified atom stereocenters. The van der Waals surface area contributed by atoms with Gasteiger partial charge in [0, 0.05) is 13.1 Å². The fraction of sp³-hybridized carbons (Fsp3) is 0.333. The van der Waals surface area contributed by atoms with Crippen molar-refractivity contribution in [3.8, 4) is 0 Å². The summed E-state index contributed by atoms with van der Waals surface area (Å²) >= 11 is 0. The van der Waals surface area contributed by atoms with Crippen LogP contribution in [0.15, 0.2) is 72.8 Å². The smallest absolute Gasteiger partial charge is 0.247 e. The van der Waals surface area contributed by atoms with Crippen LogP contribution in [-0.2, 0) is 22.6 Å². The van der Waals surface area contributed by atoms with Crippen LogP contribution in [0.3, 0.4) is 0 Å². The first kappa shape index (κ1) is 27.0. The summed E-state index contributed by atoms with van der Waals surface area (Å²) in [5, 5.41) is 11.3. The van der Waals surface area contributed by atoms with Crippen molar-refractivity contribution in [2.24, 2.45) is 5.92 Å². The number of fused-ring (bicyclic) bond motifs is 1. The zero-order chi connectivity index (χ0) is 27.1. The van der Waals surface area contributed by atoms with Crippen molar-refractivity contribution in [2.45, 2.75) is 46.2 Å². The van der Waals surface area contributed by atoms with Crippen LogP contribution in [0.25, 0.3) is 11.0 Å². The Hall–Kier alpha value is -4.07. The van der Waals surface area contributed by atoms with E-state index < -0.39 is 11.9 Å². The first-order chi connectivity index (χ1) is 18.3. The highest BCUT2D eigenvalue weighted by Crippen LogP contribution is 2.24. The maximum atomic E-state index is 13.9. The number of hydrogen-bond acceptors (Lipinski definition) is 4. The van der Waals surface area contributed by atoms with Crippen LogP contribution in [0.4, 0.5) is 4.39 Å². The van der Waals surface area contributed by atoms with Crippen molar-refractivity contribution in [1.82, 2.24) is 25.2 Å². The van der Waals surface area contributed by atoms with Gasteiger partial charge in [-0.1, -0.05) is 73.2 Å². The molecule has 8 heteroatoms. The highest BCUT2D eigenvalue weighted by atomic mass is 19.1. The molecule has 1 aromatic heterocycles. The highest BCUT2D eigenvalue weighted by Gasteiger charge is 2.31. The Labute approximate surface area is 222 Å². The van der Waals surface area contributed by atoms with Gasteiger partial charge in [-0.3, -0.25) is 9.59 Å². The predicted molar refractivity (Wildman–Crippen MR) is 146 cm³/mol. The number of aromatic nitrogens is 3. The van der Waals surface area contributed by atoms with Crippen molar-refractivity contribution < 1.29 is 14.0 Å². The number of amides is 2. The van der Waals surface area contributed by atoms with Gasteiger partial charge in [-0.15, -0.1) is 5.10 Å². The van der Waals surface area contributed by atoms with Crippen LogP contribution >= 0.6 is 0 Å². The van der Waals surface area contributed by atoms with Gasteiger partial charge in [0.15, 0.2) is 0 Å². The molecule has 0 spiro atoms. The van der Waals surface area contributed by atoms with E-state index in [1.807, 2.05) is 49.4 Å². The Morgan fingerprint density at radius 2 is 1.79 bits per heavy atom. The summed E-state index contributed by atoms with van der Waals surface area (Å²) in [6, 6.07) is 20.4. The number of nitrogens with zero attached hydrogens (tertiary/aromatic N) is 4. The molecule has 0 aliphatic rings. The molecule has 7 nitrogen and oxygen atoms in total. The molecule has 3 aromatic carbocycles. The van der Waals surface area contributed by atoms with Crippen LogP contribution in [0.1, 0.15) is 43.0 Å². The molecule has 0 aliphatic heterocycles. The van der Waals surface area contributed by atoms with Crippen molar-refractivity contribution >= 4 is 22.8 Å². The largest absolute Gasteiger partial charge is 0.354 e. The summed E-state index contributed by atoms with van der Waals surface area (Å²) in [5.41, 5.74) is 4.16. The summed E-state index contributed by atoms with van der Waals surface area (Å²) in [6.07, 6.45) is 1.37. The SMILES string of the molecule is Cc1cccc(CCN(C(=O)Cn2nnc3ccccc32)[C@H](C(=O)NCCC(C)C)c2ccc(F)cc2)c1. The number of halogens is 1. The summed E-state index contributed by atoms with van der Waals surface area (Å²) < 4.78 is 15.4. The number of carbonyl (C=O) groups excluding carboxylic acids is 2. The lowest BCUT2D eigenvalue weighted by molar-refractivity contribution is -0.141. The Balaban J connectivity index is 1.67. The molecule has 38 heavy (non-hydrogen) atoms.